The zero-order valence-corrected chi connectivity index (χ0v) is 7.13. The predicted octanol–water partition coefficient (Wildman–Crippen LogP) is 2.65. The summed E-state index contributed by atoms with van der Waals surface area (Å²) >= 11 is 0. The number of hydrogen-bond donors (Lipinski definition) is 0. The summed E-state index contributed by atoms with van der Waals surface area (Å²) in [5.74, 6) is 0.186. The molecule has 11 heavy (non-hydrogen) atoms. The van der Waals surface area contributed by atoms with E-state index in [1.165, 1.54) is 0 Å². The predicted molar refractivity (Wildman–Crippen MR) is 48.4 cm³/mol. The van der Waals surface area contributed by atoms with Crippen molar-refractivity contribution < 1.29 is 4.79 Å². The largest absolute Gasteiger partial charge is 0.300 e. The highest BCUT2D eigenvalue weighted by molar-refractivity contribution is 5.77. The van der Waals surface area contributed by atoms with Crippen LogP contribution in [0.2, 0.25) is 0 Å². The third-order valence-electron chi connectivity index (χ3n) is 1.22. The molecule has 0 aliphatic carbocycles. The number of hydrogen-bond acceptors (Lipinski definition) is 1. The Kier molecular flexibility index (Phi) is 5.09. The van der Waals surface area contributed by atoms with Crippen LogP contribution in [-0.2, 0) is 4.79 Å². The maximum Gasteiger partial charge on any atom is 0.133 e. The van der Waals surface area contributed by atoms with E-state index in [4.69, 9.17) is 0 Å². The van der Waals surface area contributed by atoms with Gasteiger partial charge in [-0.05, 0) is 13.8 Å². The molecule has 0 aromatic heterocycles. The van der Waals surface area contributed by atoms with Crippen LogP contribution in [0.1, 0.15) is 20.3 Å². The SMILES string of the molecule is C=C/C(C)=C\C=C\CC(C)=O. The molecule has 0 unspecified atom stereocenters. The Bertz CT molecular complexity index is 197. The van der Waals surface area contributed by atoms with Gasteiger partial charge in [0.05, 0.1) is 0 Å². The molecule has 0 saturated carbocycles. The molecule has 1 heteroatoms. The number of rotatable bonds is 4. The first-order valence-electron chi connectivity index (χ1n) is 3.62. The van der Waals surface area contributed by atoms with Crippen LogP contribution in [0.15, 0.2) is 36.5 Å². The summed E-state index contributed by atoms with van der Waals surface area (Å²) in [6, 6.07) is 0. The molecule has 60 valence electrons. The lowest BCUT2D eigenvalue weighted by atomic mass is 10.2. The molecule has 0 aliphatic heterocycles. The van der Waals surface area contributed by atoms with Crippen molar-refractivity contribution in [1.29, 1.82) is 0 Å². The Labute approximate surface area is 68.1 Å². The van der Waals surface area contributed by atoms with E-state index in [2.05, 4.69) is 6.58 Å². The van der Waals surface area contributed by atoms with Crippen LogP contribution in [0, 0.1) is 0 Å². The molecule has 0 aromatic rings. The van der Waals surface area contributed by atoms with E-state index >= 15 is 0 Å². The molecule has 0 radical (unpaired) electrons. The van der Waals surface area contributed by atoms with E-state index in [1.807, 2.05) is 25.2 Å². The van der Waals surface area contributed by atoms with Crippen molar-refractivity contribution in [3.63, 3.8) is 0 Å². The first-order chi connectivity index (χ1) is 5.16. The van der Waals surface area contributed by atoms with Crippen molar-refractivity contribution in [2.75, 3.05) is 0 Å². The number of Topliss-reactive ketones (excluding diaryl/α,β-unsaturated/α-hetero) is 1. The molecule has 0 spiro atoms. The minimum absolute atomic E-state index is 0.186. The topological polar surface area (TPSA) is 17.1 Å². The molecule has 0 heterocycles. The molecule has 0 amide bonds. The van der Waals surface area contributed by atoms with Crippen LogP contribution in [0.3, 0.4) is 0 Å². The molecule has 0 rings (SSSR count). The molecule has 0 aromatic carbocycles. The highest BCUT2D eigenvalue weighted by atomic mass is 16.1. The Morgan fingerprint density at radius 3 is 2.55 bits per heavy atom. The second-order valence-corrected chi connectivity index (χ2v) is 2.45. The monoisotopic (exact) mass is 150 g/mol. The third kappa shape index (κ3) is 6.78. The zero-order chi connectivity index (χ0) is 8.69. The fourth-order valence-electron chi connectivity index (χ4n) is 0.522. The minimum atomic E-state index is 0.186. The standard InChI is InChI=1S/C10H14O/c1-4-9(2)7-5-6-8-10(3)11/h4-7H,1,8H2,2-3H3/b6-5+,9-7-. The van der Waals surface area contributed by atoms with Crippen LogP contribution in [0.5, 0.6) is 0 Å². The van der Waals surface area contributed by atoms with Gasteiger partial charge in [-0.15, -0.1) is 0 Å². The zero-order valence-electron chi connectivity index (χ0n) is 7.13. The fourth-order valence-corrected chi connectivity index (χ4v) is 0.522. The first kappa shape index (κ1) is 9.89. The summed E-state index contributed by atoms with van der Waals surface area (Å²) in [6.07, 6.45) is 7.93. The Morgan fingerprint density at radius 2 is 2.09 bits per heavy atom. The normalized spacial score (nSPS) is 12.0. The van der Waals surface area contributed by atoms with E-state index in [1.54, 1.807) is 13.0 Å². The van der Waals surface area contributed by atoms with Gasteiger partial charge in [-0.1, -0.05) is 36.5 Å². The summed E-state index contributed by atoms with van der Waals surface area (Å²) in [7, 11) is 0. The van der Waals surface area contributed by atoms with Crippen LogP contribution in [0.4, 0.5) is 0 Å². The van der Waals surface area contributed by atoms with Gasteiger partial charge < -0.3 is 0 Å². The van der Waals surface area contributed by atoms with E-state index in [-0.39, 0.29) is 5.78 Å². The maximum atomic E-state index is 10.5. The van der Waals surface area contributed by atoms with E-state index in [0.717, 1.165) is 5.57 Å². The molecule has 1 nitrogen and oxygen atoms in total. The molecule has 0 bridgehead atoms. The van der Waals surface area contributed by atoms with Crippen molar-refractivity contribution in [2.45, 2.75) is 20.3 Å². The quantitative estimate of drug-likeness (QED) is 0.563. The molecule has 0 atom stereocenters. The summed E-state index contributed by atoms with van der Waals surface area (Å²) in [4.78, 5) is 10.5. The number of carbonyl (C=O) groups is 1. The van der Waals surface area contributed by atoms with Crippen molar-refractivity contribution >= 4 is 5.78 Å². The van der Waals surface area contributed by atoms with Gasteiger partial charge in [0, 0.05) is 6.42 Å². The summed E-state index contributed by atoms with van der Waals surface area (Å²) < 4.78 is 0. The Balaban J connectivity index is 3.76. The maximum absolute atomic E-state index is 10.5. The van der Waals surface area contributed by atoms with Gasteiger partial charge in [0.15, 0.2) is 0 Å². The average Bonchev–Trinajstić information content (AvgIpc) is 1.97. The second kappa shape index (κ2) is 5.66. The number of ketones is 1. The van der Waals surface area contributed by atoms with E-state index < -0.39 is 0 Å². The van der Waals surface area contributed by atoms with E-state index in [9.17, 15) is 4.79 Å². The van der Waals surface area contributed by atoms with Crippen LogP contribution >= 0.6 is 0 Å². The Morgan fingerprint density at radius 1 is 1.45 bits per heavy atom. The van der Waals surface area contributed by atoms with Gasteiger partial charge in [-0.2, -0.15) is 0 Å². The van der Waals surface area contributed by atoms with Crippen molar-refractivity contribution in [2.24, 2.45) is 0 Å². The lowest BCUT2D eigenvalue weighted by Crippen LogP contribution is -1.83. The van der Waals surface area contributed by atoms with Crippen molar-refractivity contribution in [3.05, 3.63) is 36.5 Å². The van der Waals surface area contributed by atoms with Gasteiger partial charge in [0.1, 0.15) is 5.78 Å². The van der Waals surface area contributed by atoms with Gasteiger partial charge in [0.25, 0.3) is 0 Å². The second-order valence-electron chi connectivity index (χ2n) is 2.45. The molecule has 0 aliphatic rings. The molecular formula is C10H14O. The lowest BCUT2D eigenvalue weighted by Gasteiger charge is -1.84. The van der Waals surface area contributed by atoms with Gasteiger partial charge in [0.2, 0.25) is 0 Å². The summed E-state index contributed by atoms with van der Waals surface area (Å²) in [6.45, 7) is 7.15. The third-order valence-corrected chi connectivity index (χ3v) is 1.22. The summed E-state index contributed by atoms with van der Waals surface area (Å²) in [5, 5.41) is 0. The Hall–Kier alpha value is -1.11. The number of carbonyl (C=O) groups excluding carboxylic acids is 1. The fraction of sp³-hybridized carbons (Fsp3) is 0.300. The van der Waals surface area contributed by atoms with E-state index in [0.29, 0.717) is 6.42 Å². The van der Waals surface area contributed by atoms with Gasteiger partial charge in [-0.25, -0.2) is 0 Å². The van der Waals surface area contributed by atoms with Crippen LogP contribution in [0.25, 0.3) is 0 Å². The first-order valence-corrected chi connectivity index (χ1v) is 3.62. The van der Waals surface area contributed by atoms with Crippen LogP contribution in [-0.4, -0.2) is 5.78 Å². The lowest BCUT2D eigenvalue weighted by molar-refractivity contribution is -0.116. The average molecular weight is 150 g/mol. The van der Waals surface area contributed by atoms with Crippen LogP contribution < -0.4 is 0 Å². The van der Waals surface area contributed by atoms with Gasteiger partial charge in [-0.3, -0.25) is 4.79 Å². The summed E-state index contributed by atoms with van der Waals surface area (Å²) in [5.41, 5.74) is 1.10. The molecule has 0 fully saturated rings. The smallest absolute Gasteiger partial charge is 0.133 e. The minimum Gasteiger partial charge on any atom is -0.300 e. The highest BCUT2D eigenvalue weighted by Crippen LogP contribution is 1.93. The highest BCUT2D eigenvalue weighted by Gasteiger charge is 1.83. The number of allylic oxidation sites excluding steroid dienone is 5. The van der Waals surface area contributed by atoms with Crippen molar-refractivity contribution in [3.8, 4) is 0 Å². The molecule has 0 saturated heterocycles. The van der Waals surface area contributed by atoms with Crippen molar-refractivity contribution in [1.82, 2.24) is 0 Å². The molecular weight excluding hydrogens is 136 g/mol. The molecule has 0 N–H and O–H groups in total. The van der Waals surface area contributed by atoms with Gasteiger partial charge >= 0.3 is 0 Å².